The van der Waals surface area contributed by atoms with Gasteiger partial charge in [0.05, 0.1) is 0 Å². The molecule has 4 nitrogen and oxygen atoms in total. The molecule has 1 aromatic carbocycles. The number of hydrogen-bond acceptors (Lipinski definition) is 4. The van der Waals surface area contributed by atoms with Gasteiger partial charge in [-0.25, -0.2) is 4.39 Å². The SMILES string of the molecule is NC1CCC(c2nc(-c3cccc(F)c3)no2)C1. The lowest BCUT2D eigenvalue weighted by Gasteiger charge is -2.01. The van der Waals surface area contributed by atoms with Crippen molar-refractivity contribution >= 4 is 0 Å². The monoisotopic (exact) mass is 247 g/mol. The standard InChI is InChI=1S/C13H14FN3O/c14-10-3-1-2-8(6-10)12-16-13(18-17-12)9-4-5-11(15)7-9/h1-3,6,9,11H,4-5,7,15H2. The van der Waals surface area contributed by atoms with E-state index in [0.29, 0.717) is 17.3 Å². The average Bonchev–Trinajstić information content (AvgIpc) is 2.97. The maximum absolute atomic E-state index is 13.1. The van der Waals surface area contributed by atoms with Gasteiger partial charge >= 0.3 is 0 Å². The van der Waals surface area contributed by atoms with E-state index in [2.05, 4.69) is 10.1 Å². The fourth-order valence-electron chi connectivity index (χ4n) is 2.39. The van der Waals surface area contributed by atoms with Gasteiger partial charge in [-0.15, -0.1) is 0 Å². The highest BCUT2D eigenvalue weighted by molar-refractivity contribution is 5.53. The molecular weight excluding hydrogens is 233 g/mol. The van der Waals surface area contributed by atoms with Crippen LogP contribution >= 0.6 is 0 Å². The molecule has 1 aliphatic carbocycles. The van der Waals surface area contributed by atoms with Crippen LogP contribution in [0.1, 0.15) is 31.1 Å². The van der Waals surface area contributed by atoms with Crippen molar-refractivity contribution < 1.29 is 8.91 Å². The maximum atomic E-state index is 13.1. The molecule has 1 heterocycles. The minimum atomic E-state index is -0.304. The molecule has 2 aromatic rings. The number of benzene rings is 1. The fraction of sp³-hybridized carbons (Fsp3) is 0.385. The summed E-state index contributed by atoms with van der Waals surface area (Å²) in [5.74, 6) is 0.990. The molecule has 0 spiro atoms. The number of nitrogens with zero attached hydrogens (tertiary/aromatic N) is 2. The van der Waals surface area contributed by atoms with Crippen LogP contribution in [0.2, 0.25) is 0 Å². The molecule has 1 saturated carbocycles. The van der Waals surface area contributed by atoms with Gasteiger partial charge in [0.25, 0.3) is 0 Å². The second kappa shape index (κ2) is 4.49. The van der Waals surface area contributed by atoms with E-state index in [0.717, 1.165) is 19.3 Å². The van der Waals surface area contributed by atoms with Gasteiger partial charge in [0.15, 0.2) is 0 Å². The lowest BCUT2D eigenvalue weighted by molar-refractivity contribution is 0.353. The van der Waals surface area contributed by atoms with Crippen molar-refractivity contribution in [3.63, 3.8) is 0 Å². The summed E-state index contributed by atoms with van der Waals surface area (Å²) >= 11 is 0. The molecule has 0 amide bonds. The molecular formula is C13H14FN3O. The van der Waals surface area contributed by atoms with E-state index in [1.807, 2.05) is 0 Å². The molecule has 3 rings (SSSR count). The Balaban J connectivity index is 1.85. The second-order valence-corrected chi connectivity index (χ2v) is 4.74. The molecule has 2 N–H and O–H groups in total. The van der Waals surface area contributed by atoms with Crippen LogP contribution in [0.3, 0.4) is 0 Å². The van der Waals surface area contributed by atoms with Crippen molar-refractivity contribution in [3.05, 3.63) is 36.0 Å². The van der Waals surface area contributed by atoms with Gasteiger partial charge in [0.1, 0.15) is 5.82 Å². The predicted molar refractivity (Wildman–Crippen MR) is 64.3 cm³/mol. The Morgan fingerprint density at radius 2 is 2.22 bits per heavy atom. The lowest BCUT2D eigenvalue weighted by Crippen LogP contribution is -2.14. The van der Waals surface area contributed by atoms with Crippen LogP contribution in [-0.4, -0.2) is 16.2 Å². The zero-order valence-corrected chi connectivity index (χ0v) is 9.84. The number of halogens is 1. The molecule has 0 saturated heterocycles. The number of hydrogen-bond donors (Lipinski definition) is 1. The van der Waals surface area contributed by atoms with Crippen LogP contribution in [0.25, 0.3) is 11.4 Å². The quantitative estimate of drug-likeness (QED) is 0.885. The van der Waals surface area contributed by atoms with Gasteiger partial charge in [0.2, 0.25) is 11.7 Å². The minimum Gasteiger partial charge on any atom is -0.339 e. The van der Waals surface area contributed by atoms with E-state index in [1.54, 1.807) is 12.1 Å². The molecule has 2 unspecified atom stereocenters. The highest BCUT2D eigenvalue weighted by atomic mass is 19.1. The van der Waals surface area contributed by atoms with Gasteiger partial charge < -0.3 is 10.3 Å². The summed E-state index contributed by atoms with van der Waals surface area (Å²) in [4.78, 5) is 4.34. The minimum absolute atomic E-state index is 0.222. The van der Waals surface area contributed by atoms with Crippen LogP contribution in [0.4, 0.5) is 4.39 Å². The maximum Gasteiger partial charge on any atom is 0.230 e. The molecule has 0 aliphatic heterocycles. The molecule has 0 radical (unpaired) electrons. The number of rotatable bonds is 2. The molecule has 1 fully saturated rings. The van der Waals surface area contributed by atoms with Crippen LogP contribution < -0.4 is 5.73 Å². The molecule has 0 bridgehead atoms. The second-order valence-electron chi connectivity index (χ2n) is 4.74. The van der Waals surface area contributed by atoms with Crippen molar-refractivity contribution in [3.8, 4) is 11.4 Å². The summed E-state index contributed by atoms with van der Waals surface area (Å²) < 4.78 is 18.4. The van der Waals surface area contributed by atoms with E-state index >= 15 is 0 Å². The van der Waals surface area contributed by atoms with Gasteiger partial charge in [-0.1, -0.05) is 17.3 Å². The number of aromatic nitrogens is 2. The van der Waals surface area contributed by atoms with Crippen LogP contribution in [0, 0.1) is 5.82 Å². The molecule has 94 valence electrons. The van der Waals surface area contributed by atoms with Crippen molar-refractivity contribution in [2.45, 2.75) is 31.2 Å². The zero-order chi connectivity index (χ0) is 12.5. The Hall–Kier alpha value is -1.75. The topological polar surface area (TPSA) is 64.9 Å². The average molecular weight is 247 g/mol. The van der Waals surface area contributed by atoms with Crippen LogP contribution in [0.5, 0.6) is 0 Å². The van der Waals surface area contributed by atoms with Gasteiger partial charge in [0, 0.05) is 17.5 Å². The van der Waals surface area contributed by atoms with Gasteiger partial charge in [-0.2, -0.15) is 4.98 Å². The summed E-state index contributed by atoms with van der Waals surface area (Å²) in [5.41, 5.74) is 6.49. The summed E-state index contributed by atoms with van der Waals surface area (Å²) in [6.45, 7) is 0. The molecule has 1 aromatic heterocycles. The third-order valence-corrected chi connectivity index (χ3v) is 3.35. The third-order valence-electron chi connectivity index (χ3n) is 3.35. The number of nitrogens with two attached hydrogens (primary N) is 1. The first-order valence-corrected chi connectivity index (χ1v) is 6.07. The summed E-state index contributed by atoms with van der Waals surface area (Å²) in [6, 6.07) is 6.40. The summed E-state index contributed by atoms with van der Waals surface area (Å²) in [7, 11) is 0. The third kappa shape index (κ3) is 2.13. The van der Waals surface area contributed by atoms with Crippen molar-refractivity contribution in [2.24, 2.45) is 5.73 Å². The first kappa shape index (κ1) is 11.3. The highest BCUT2D eigenvalue weighted by Crippen LogP contribution is 2.33. The van der Waals surface area contributed by atoms with Crippen molar-refractivity contribution in [2.75, 3.05) is 0 Å². The normalized spacial score (nSPS) is 23.4. The summed E-state index contributed by atoms with van der Waals surface area (Å²) in [6.07, 6.45) is 2.85. The van der Waals surface area contributed by atoms with Crippen LogP contribution in [0.15, 0.2) is 28.8 Å². The van der Waals surface area contributed by atoms with Crippen LogP contribution in [-0.2, 0) is 0 Å². The Morgan fingerprint density at radius 1 is 1.33 bits per heavy atom. The Labute approximate surface area is 104 Å². The Morgan fingerprint density at radius 3 is 2.94 bits per heavy atom. The lowest BCUT2D eigenvalue weighted by atomic mass is 10.1. The van der Waals surface area contributed by atoms with Gasteiger partial charge in [-0.3, -0.25) is 0 Å². The van der Waals surface area contributed by atoms with Gasteiger partial charge in [-0.05, 0) is 31.4 Å². The van der Waals surface area contributed by atoms with E-state index in [1.165, 1.54) is 12.1 Å². The highest BCUT2D eigenvalue weighted by Gasteiger charge is 2.27. The van der Waals surface area contributed by atoms with E-state index < -0.39 is 0 Å². The van der Waals surface area contributed by atoms with Crippen molar-refractivity contribution in [1.82, 2.24) is 10.1 Å². The van der Waals surface area contributed by atoms with Crippen molar-refractivity contribution in [1.29, 1.82) is 0 Å². The fourth-order valence-corrected chi connectivity index (χ4v) is 2.39. The predicted octanol–water partition coefficient (Wildman–Crippen LogP) is 2.47. The summed E-state index contributed by atoms with van der Waals surface area (Å²) in [5, 5.41) is 3.90. The zero-order valence-electron chi connectivity index (χ0n) is 9.84. The first-order chi connectivity index (χ1) is 8.72. The van der Waals surface area contributed by atoms with E-state index in [-0.39, 0.29) is 17.8 Å². The Bertz CT molecular complexity index is 555. The molecule has 5 heteroatoms. The molecule has 18 heavy (non-hydrogen) atoms. The van der Waals surface area contributed by atoms with E-state index in [9.17, 15) is 4.39 Å². The largest absolute Gasteiger partial charge is 0.339 e. The van der Waals surface area contributed by atoms with E-state index in [4.69, 9.17) is 10.3 Å². The first-order valence-electron chi connectivity index (χ1n) is 6.07. The molecule has 1 aliphatic rings. The molecule has 2 atom stereocenters. The smallest absolute Gasteiger partial charge is 0.230 e. The Kier molecular flexibility index (Phi) is 2.83.